The Kier molecular flexibility index (Phi) is 3.38. The van der Waals surface area contributed by atoms with Gasteiger partial charge in [-0.1, -0.05) is 0 Å². The predicted molar refractivity (Wildman–Crippen MR) is 40.1 cm³/mol. The SMILES string of the molecule is COC(=O)NC[Si](C)(C)O. The maximum Gasteiger partial charge on any atom is 0.406 e. The first-order valence-corrected chi connectivity index (χ1v) is 6.15. The van der Waals surface area contributed by atoms with E-state index in [1.807, 2.05) is 0 Å². The number of hydrogen-bond donors (Lipinski definition) is 2. The first-order chi connectivity index (χ1) is 4.45. The van der Waals surface area contributed by atoms with E-state index in [1.165, 1.54) is 7.11 Å². The number of rotatable bonds is 2. The van der Waals surface area contributed by atoms with Crippen LogP contribution in [0.1, 0.15) is 0 Å². The molecule has 0 fully saturated rings. The molecule has 0 spiro atoms. The highest BCUT2D eigenvalue weighted by Crippen LogP contribution is 1.91. The second kappa shape index (κ2) is 3.57. The summed E-state index contributed by atoms with van der Waals surface area (Å²) in [6.45, 7) is 3.48. The van der Waals surface area contributed by atoms with Crippen LogP contribution in [-0.4, -0.2) is 32.5 Å². The number of hydrogen-bond acceptors (Lipinski definition) is 3. The molecular formula is C5H13NO3Si. The van der Waals surface area contributed by atoms with Gasteiger partial charge in [-0.3, -0.25) is 0 Å². The molecule has 0 aliphatic rings. The van der Waals surface area contributed by atoms with Crippen molar-refractivity contribution in [3.8, 4) is 0 Å². The average Bonchev–Trinajstić information content (AvgIpc) is 1.81. The van der Waals surface area contributed by atoms with Gasteiger partial charge in [0.15, 0.2) is 0 Å². The lowest BCUT2D eigenvalue weighted by molar-refractivity contribution is 0.172. The van der Waals surface area contributed by atoms with Gasteiger partial charge in [-0.2, -0.15) is 0 Å². The largest absolute Gasteiger partial charge is 0.453 e. The van der Waals surface area contributed by atoms with Gasteiger partial charge in [0.05, 0.1) is 7.11 Å². The lowest BCUT2D eigenvalue weighted by atomic mass is 11.1. The zero-order chi connectivity index (χ0) is 8.20. The molecule has 0 rings (SSSR count). The molecule has 0 saturated heterocycles. The molecule has 1 amide bonds. The molecule has 0 radical (unpaired) electrons. The number of carbonyl (C=O) groups excluding carboxylic acids is 1. The molecule has 0 aliphatic carbocycles. The van der Waals surface area contributed by atoms with Gasteiger partial charge in [0, 0.05) is 6.17 Å². The minimum Gasteiger partial charge on any atom is -0.453 e. The highest BCUT2D eigenvalue weighted by atomic mass is 28.4. The summed E-state index contributed by atoms with van der Waals surface area (Å²) in [4.78, 5) is 19.7. The fourth-order valence-electron chi connectivity index (χ4n) is 0.361. The van der Waals surface area contributed by atoms with Crippen LogP contribution in [0.2, 0.25) is 13.1 Å². The Morgan fingerprint density at radius 1 is 1.70 bits per heavy atom. The Labute approximate surface area is 61.3 Å². The Hall–Kier alpha value is -0.553. The van der Waals surface area contributed by atoms with Crippen molar-refractivity contribution in [1.82, 2.24) is 5.32 Å². The van der Waals surface area contributed by atoms with Gasteiger partial charge in [-0.05, 0) is 13.1 Å². The molecule has 0 heterocycles. The van der Waals surface area contributed by atoms with Crippen molar-refractivity contribution < 1.29 is 14.3 Å². The molecule has 0 aromatic rings. The Balaban J connectivity index is 3.46. The summed E-state index contributed by atoms with van der Waals surface area (Å²) < 4.78 is 4.31. The molecule has 4 nitrogen and oxygen atoms in total. The summed E-state index contributed by atoms with van der Waals surface area (Å²) in [6, 6.07) is 0. The standard InChI is InChI=1S/C5H13NO3Si/c1-9-5(7)6-4-10(2,3)8/h8H,4H2,1-3H3,(H,6,7). The number of amides is 1. The molecule has 0 bridgehead atoms. The fraction of sp³-hybridized carbons (Fsp3) is 0.800. The number of ether oxygens (including phenoxy) is 1. The topological polar surface area (TPSA) is 58.6 Å². The summed E-state index contributed by atoms with van der Waals surface area (Å²) in [7, 11) is -0.855. The first-order valence-electron chi connectivity index (χ1n) is 3.00. The lowest BCUT2D eigenvalue weighted by Crippen LogP contribution is -2.42. The first kappa shape index (κ1) is 9.45. The predicted octanol–water partition coefficient (Wildman–Crippen LogP) is 0.0790. The Morgan fingerprint density at radius 2 is 2.20 bits per heavy atom. The van der Waals surface area contributed by atoms with Gasteiger partial charge >= 0.3 is 6.09 Å². The van der Waals surface area contributed by atoms with Crippen LogP contribution >= 0.6 is 0 Å². The normalized spacial score (nSPS) is 10.8. The minimum absolute atomic E-state index is 0.333. The van der Waals surface area contributed by atoms with Crippen molar-refractivity contribution in [2.24, 2.45) is 0 Å². The number of nitrogens with one attached hydrogen (secondary N) is 1. The molecule has 2 N–H and O–H groups in total. The summed E-state index contributed by atoms with van der Waals surface area (Å²) in [5.74, 6) is 0. The van der Waals surface area contributed by atoms with Crippen molar-refractivity contribution >= 4 is 14.4 Å². The smallest absolute Gasteiger partial charge is 0.406 e. The highest BCUT2D eigenvalue weighted by molar-refractivity contribution is 6.70. The lowest BCUT2D eigenvalue weighted by Gasteiger charge is -2.13. The molecule has 5 heteroatoms. The quantitative estimate of drug-likeness (QED) is 0.567. The Morgan fingerprint density at radius 3 is 2.50 bits per heavy atom. The van der Waals surface area contributed by atoms with E-state index in [9.17, 15) is 9.59 Å². The third-order valence-corrected chi connectivity index (χ3v) is 1.89. The van der Waals surface area contributed by atoms with Gasteiger partial charge < -0.3 is 14.8 Å². The van der Waals surface area contributed by atoms with Crippen LogP contribution < -0.4 is 5.32 Å². The van der Waals surface area contributed by atoms with Crippen LogP contribution in [0.4, 0.5) is 4.79 Å². The van der Waals surface area contributed by atoms with E-state index in [4.69, 9.17) is 0 Å². The highest BCUT2D eigenvalue weighted by Gasteiger charge is 2.17. The van der Waals surface area contributed by atoms with Gasteiger partial charge in [0.2, 0.25) is 8.32 Å². The molecular weight excluding hydrogens is 150 g/mol. The molecule has 60 valence electrons. The van der Waals surface area contributed by atoms with Gasteiger partial charge in [-0.25, -0.2) is 4.79 Å². The molecule has 0 aliphatic heterocycles. The van der Waals surface area contributed by atoms with Crippen molar-refractivity contribution in [3.63, 3.8) is 0 Å². The third kappa shape index (κ3) is 5.58. The summed E-state index contributed by atoms with van der Waals surface area (Å²) >= 11 is 0. The molecule has 0 atom stereocenters. The van der Waals surface area contributed by atoms with Gasteiger partial charge in [0.1, 0.15) is 0 Å². The summed E-state index contributed by atoms with van der Waals surface area (Å²) in [6.07, 6.45) is -0.158. The number of alkyl carbamates (subject to hydrolysis) is 1. The summed E-state index contributed by atoms with van der Waals surface area (Å²) in [5, 5.41) is 2.42. The van der Waals surface area contributed by atoms with E-state index in [0.717, 1.165) is 0 Å². The molecule has 10 heavy (non-hydrogen) atoms. The van der Waals surface area contributed by atoms with Crippen LogP contribution in [0, 0.1) is 0 Å². The summed E-state index contributed by atoms with van der Waals surface area (Å²) in [5.41, 5.74) is 0. The molecule has 0 aromatic heterocycles. The van der Waals surface area contributed by atoms with Gasteiger partial charge in [-0.15, -0.1) is 0 Å². The maximum absolute atomic E-state index is 10.4. The fourth-order valence-corrected chi connectivity index (χ4v) is 0.938. The second-order valence-corrected chi connectivity index (χ2v) is 6.64. The van der Waals surface area contributed by atoms with Crippen molar-refractivity contribution in [2.75, 3.05) is 13.3 Å². The van der Waals surface area contributed by atoms with Crippen LogP contribution in [0.3, 0.4) is 0 Å². The number of methoxy groups -OCH3 is 1. The van der Waals surface area contributed by atoms with E-state index >= 15 is 0 Å². The van der Waals surface area contributed by atoms with E-state index in [-0.39, 0.29) is 0 Å². The van der Waals surface area contributed by atoms with Crippen molar-refractivity contribution in [3.05, 3.63) is 0 Å². The number of carbonyl (C=O) groups is 1. The zero-order valence-electron chi connectivity index (χ0n) is 6.47. The van der Waals surface area contributed by atoms with Crippen LogP contribution in [0.25, 0.3) is 0 Å². The van der Waals surface area contributed by atoms with E-state index < -0.39 is 14.4 Å². The Bertz CT molecular complexity index is 121. The monoisotopic (exact) mass is 163 g/mol. The van der Waals surface area contributed by atoms with Crippen LogP contribution in [0.15, 0.2) is 0 Å². The zero-order valence-corrected chi connectivity index (χ0v) is 7.47. The van der Waals surface area contributed by atoms with Gasteiger partial charge in [0.25, 0.3) is 0 Å². The third-order valence-electron chi connectivity index (χ3n) is 0.851. The van der Waals surface area contributed by atoms with Crippen molar-refractivity contribution in [2.45, 2.75) is 13.1 Å². The van der Waals surface area contributed by atoms with Crippen molar-refractivity contribution in [1.29, 1.82) is 0 Å². The van der Waals surface area contributed by atoms with Crippen LogP contribution in [0.5, 0.6) is 0 Å². The maximum atomic E-state index is 10.4. The second-order valence-electron chi connectivity index (χ2n) is 2.66. The molecule has 0 aromatic carbocycles. The van der Waals surface area contributed by atoms with E-state index in [2.05, 4.69) is 10.1 Å². The average molecular weight is 163 g/mol. The molecule has 0 saturated carbocycles. The van der Waals surface area contributed by atoms with E-state index in [1.54, 1.807) is 13.1 Å². The molecule has 0 unspecified atom stereocenters. The van der Waals surface area contributed by atoms with E-state index in [0.29, 0.717) is 6.17 Å². The minimum atomic E-state index is -2.15. The van der Waals surface area contributed by atoms with Crippen LogP contribution in [-0.2, 0) is 4.74 Å².